The molecule has 0 aliphatic carbocycles. The van der Waals surface area contributed by atoms with Gasteiger partial charge in [0.15, 0.2) is 0 Å². The van der Waals surface area contributed by atoms with Crippen LogP contribution >= 0.6 is 0 Å². The number of benzene rings is 1. The van der Waals surface area contributed by atoms with Gasteiger partial charge in [0.1, 0.15) is 0 Å². The lowest BCUT2D eigenvalue weighted by atomic mass is 9.96. The number of aliphatic hydroxyl groups is 1. The van der Waals surface area contributed by atoms with Gasteiger partial charge >= 0.3 is 0 Å². The van der Waals surface area contributed by atoms with E-state index in [0.29, 0.717) is 11.8 Å². The van der Waals surface area contributed by atoms with Crippen LogP contribution in [-0.2, 0) is 6.42 Å². The van der Waals surface area contributed by atoms with Gasteiger partial charge in [-0.05, 0) is 49.8 Å². The molecule has 0 aliphatic rings. The Kier molecular flexibility index (Phi) is 6.37. The van der Waals surface area contributed by atoms with E-state index in [9.17, 15) is 5.11 Å². The molecule has 0 heterocycles. The fourth-order valence-corrected chi connectivity index (χ4v) is 2.09. The Bertz CT molecular complexity index is 360. The summed E-state index contributed by atoms with van der Waals surface area (Å²) in [7, 11) is 0. The first kappa shape index (κ1) is 15.2. The van der Waals surface area contributed by atoms with Gasteiger partial charge in [0.25, 0.3) is 0 Å². The summed E-state index contributed by atoms with van der Waals surface area (Å²) in [6, 6.07) is 6.62. The van der Waals surface area contributed by atoms with Crippen molar-refractivity contribution in [1.82, 2.24) is 5.32 Å². The van der Waals surface area contributed by atoms with Crippen molar-refractivity contribution in [3.8, 4) is 0 Å². The molecule has 1 atom stereocenters. The second-order valence-electron chi connectivity index (χ2n) is 5.57. The summed E-state index contributed by atoms with van der Waals surface area (Å²) in [4.78, 5) is 0. The van der Waals surface area contributed by atoms with E-state index < -0.39 is 0 Å². The lowest BCUT2D eigenvalue weighted by Gasteiger charge is -2.18. The van der Waals surface area contributed by atoms with Crippen molar-refractivity contribution in [1.29, 1.82) is 0 Å². The molecule has 0 amide bonds. The van der Waals surface area contributed by atoms with Crippen LogP contribution in [0.15, 0.2) is 18.2 Å². The molecular formula is C16H27NO. The van der Waals surface area contributed by atoms with E-state index >= 15 is 0 Å². The fraction of sp³-hybridized carbons (Fsp3) is 0.625. The highest BCUT2D eigenvalue weighted by Gasteiger charge is 2.11. The highest BCUT2D eigenvalue weighted by Crippen LogP contribution is 2.11. The molecule has 0 aliphatic heterocycles. The molecule has 2 heteroatoms. The first-order valence-corrected chi connectivity index (χ1v) is 6.92. The number of aliphatic hydroxyl groups excluding tert-OH is 1. The van der Waals surface area contributed by atoms with Crippen LogP contribution < -0.4 is 5.32 Å². The van der Waals surface area contributed by atoms with Crippen LogP contribution in [0.2, 0.25) is 0 Å². The molecule has 0 fully saturated rings. The molecule has 1 aromatic carbocycles. The summed E-state index contributed by atoms with van der Waals surface area (Å²) >= 11 is 0. The lowest BCUT2D eigenvalue weighted by Crippen LogP contribution is -2.30. The Hall–Kier alpha value is -0.860. The van der Waals surface area contributed by atoms with Gasteiger partial charge in [0.2, 0.25) is 0 Å². The van der Waals surface area contributed by atoms with Crippen LogP contribution in [0.5, 0.6) is 0 Å². The number of rotatable bonds is 7. The molecule has 0 saturated heterocycles. The quantitative estimate of drug-likeness (QED) is 0.728. The first-order valence-electron chi connectivity index (χ1n) is 6.92. The highest BCUT2D eigenvalue weighted by molar-refractivity contribution is 5.30. The Morgan fingerprint density at radius 2 is 1.94 bits per heavy atom. The van der Waals surface area contributed by atoms with E-state index in [1.54, 1.807) is 0 Å². The van der Waals surface area contributed by atoms with E-state index in [2.05, 4.69) is 51.2 Å². The molecule has 102 valence electrons. The Balaban J connectivity index is 2.35. The molecule has 0 spiro atoms. The predicted molar refractivity (Wildman–Crippen MR) is 77.9 cm³/mol. The van der Waals surface area contributed by atoms with E-state index in [1.807, 2.05) is 0 Å². The Labute approximate surface area is 111 Å². The summed E-state index contributed by atoms with van der Waals surface area (Å²) in [6.07, 6.45) is 1.06. The molecule has 2 nitrogen and oxygen atoms in total. The SMILES string of the molecule is Cc1ccc(C)c(CCNCC(CO)C(C)C)c1. The van der Waals surface area contributed by atoms with Gasteiger partial charge in [-0.2, -0.15) is 0 Å². The fourth-order valence-electron chi connectivity index (χ4n) is 2.09. The number of hydrogen-bond acceptors (Lipinski definition) is 2. The monoisotopic (exact) mass is 249 g/mol. The van der Waals surface area contributed by atoms with Crippen LogP contribution in [-0.4, -0.2) is 24.8 Å². The Morgan fingerprint density at radius 3 is 2.56 bits per heavy atom. The van der Waals surface area contributed by atoms with Crippen LogP contribution in [0.25, 0.3) is 0 Å². The van der Waals surface area contributed by atoms with Gasteiger partial charge in [0.05, 0.1) is 0 Å². The summed E-state index contributed by atoms with van der Waals surface area (Å²) < 4.78 is 0. The van der Waals surface area contributed by atoms with Crippen molar-refractivity contribution in [3.63, 3.8) is 0 Å². The van der Waals surface area contributed by atoms with Gasteiger partial charge in [-0.15, -0.1) is 0 Å². The zero-order chi connectivity index (χ0) is 13.5. The normalized spacial score (nSPS) is 13.0. The van der Waals surface area contributed by atoms with Crippen molar-refractivity contribution >= 4 is 0 Å². The Morgan fingerprint density at radius 1 is 1.22 bits per heavy atom. The summed E-state index contributed by atoms with van der Waals surface area (Å²) in [5.74, 6) is 0.895. The number of hydrogen-bond donors (Lipinski definition) is 2. The first-order chi connectivity index (χ1) is 8.54. The van der Waals surface area contributed by atoms with Gasteiger partial charge < -0.3 is 10.4 Å². The minimum atomic E-state index is 0.272. The third kappa shape index (κ3) is 4.79. The summed E-state index contributed by atoms with van der Waals surface area (Å²) in [5, 5.41) is 12.7. The third-order valence-electron chi connectivity index (χ3n) is 3.66. The highest BCUT2D eigenvalue weighted by atomic mass is 16.3. The average Bonchev–Trinajstić information content (AvgIpc) is 2.33. The van der Waals surface area contributed by atoms with Crippen molar-refractivity contribution in [2.45, 2.75) is 34.1 Å². The second kappa shape index (κ2) is 7.55. The second-order valence-corrected chi connectivity index (χ2v) is 5.57. The predicted octanol–water partition coefficient (Wildman–Crippen LogP) is 2.70. The molecule has 1 aromatic rings. The van der Waals surface area contributed by atoms with Crippen LogP contribution in [0, 0.1) is 25.7 Å². The molecule has 0 bridgehead atoms. The molecule has 18 heavy (non-hydrogen) atoms. The number of aryl methyl sites for hydroxylation is 2. The minimum absolute atomic E-state index is 0.272. The van der Waals surface area contributed by atoms with E-state index in [4.69, 9.17) is 0 Å². The maximum atomic E-state index is 9.25. The van der Waals surface area contributed by atoms with Crippen LogP contribution in [0.3, 0.4) is 0 Å². The topological polar surface area (TPSA) is 32.3 Å². The van der Waals surface area contributed by atoms with Gasteiger partial charge in [-0.3, -0.25) is 0 Å². The smallest absolute Gasteiger partial charge is 0.0473 e. The van der Waals surface area contributed by atoms with Gasteiger partial charge in [0, 0.05) is 13.2 Å². The third-order valence-corrected chi connectivity index (χ3v) is 3.66. The minimum Gasteiger partial charge on any atom is -0.396 e. The molecule has 0 radical (unpaired) electrons. The van der Waals surface area contributed by atoms with E-state index in [0.717, 1.165) is 19.5 Å². The van der Waals surface area contributed by atoms with E-state index in [1.165, 1.54) is 16.7 Å². The van der Waals surface area contributed by atoms with Gasteiger partial charge in [-0.1, -0.05) is 37.6 Å². The molecular weight excluding hydrogens is 222 g/mol. The van der Waals surface area contributed by atoms with Crippen LogP contribution in [0.1, 0.15) is 30.5 Å². The summed E-state index contributed by atoms with van der Waals surface area (Å²) in [5.41, 5.74) is 4.11. The summed E-state index contributed by atoms with van der Waals surface area (Å²) in [6.45, 7) is 10.8. The van der Waals surface area contributed by atoms with E-state index in [-0.39, 0.29) is 6.61 Å². The zero-order valence-corrected chi connectivity index (χ0v) is 12.2. The molecule has 2 N–H and O–H groups in total. The molecule has 1 unspecified atom stereocenters. The zero-order valence-electron chi connectivity index (χ0n) is 12.2. The maximum absolute atomic E-state index is 9.25. The van der Waals surface area contributed by atoms with Gasteiger partial charge in [-0.25, -0.2) is 0 Å². The largest absolute Gasteiger partial charge is 0.396 e. The average molecular weight is 249 g/mol. The number of nitrogens with one attached hydrogen (secondary N) is 1. The standard InChI is InChI=1S/C16H27NO/c1-12(2)16(11-18)10-17-8-7-15-9-13(3)5-6-14(15)4/h5-6,9,12,16-18H,7-8,10-11H2,1-4H3. The molecule has 1 rings (SSSR count). The van der Waals surface area contributed by atoms with Crippen molar-refractivity contribution in [2.24, 2.45) is 11.8 Å². The van der Waals surface area contributed by atoms with Crippen LogP contribution in [0.4, 0.5) is 0 Å². The van der Waals surface area contributed by atoms with Crippen molar-refractivity contribution < 1.29 is 5.11 Å². The van der Waals surface area contributed by atoms with Crippen molar-refractivity contribution in [2.75, 3.05) is 19.7 Å². The molecule has 0 aromatic heterocycles. The van der Waals surface area contributed by atoms with Crippen molar-refractivity contribution in [3.05, 3.63) is 34.9 Å². The lowest BCUT2D eigenvalue weighted by molar-refractivity contribution is 0.186. The molecule has 0 saturated carbocycles. The maximum Gasteiger partial charge on any atom is 0.0473 e.